The van der Waals surface area contributed by atoms with Crippen LogP contribution in [0.2, 0.25) is 0 Å². The molecule has 6 unspecified atom stereocenters. The fourth-order valence-corrected chi connectivity index (χ4v) is 7.72. The highest BCUT2D eigenvalue weighted by atomic mass is 16.1. The zero-order valence-electron chi connectivity index (χ0n) is 41.5. The molecule has 0 aromatic rings. The van der Waals surface area contributed by atoms with Gasteiger partial charge in [-0.2, -0.15) is 0 Å². The lowest BCUT2D eigenvalue weighted by molar-refractivity contribution is -0.123. The molecule has 1 saturated carbocycles. The van der Waals surface area contributed by atoms with Gasteiger partial charge in [0.25, 0.3) is 0 Å². The second-order valence-corrected chi connectivity index (χ2v) is 16.0. The summed E-state index contributed by atoms with van der Waals surface area (Å²) in [6.07, 6.45) is 26.4. The molecule has 1 heteroatoms. The zero-order valence-corrected chi connectivity index (χ0v) is 41.5. The van der Waals surface area contributed by atoms with Crippen LogP contribution in [-0.2, 0) is 4.79 Å². The normalized spacial score (nSPS) is 18.5. The highest BCUT2D eigenvalue weighted by Gasteiger charge is 2.24. The first kappa shape index (κ1) is 64.1. The number of hydrogen-bond acceptors (Lipinski definition) is 1. The molecule has 0 aliphatic heterocycles. The van der Waals surface area contributed by atoms with Crippen molar-refractivity contribution in [1.29, 1.82) is 0 Å². The summed E-state index contributed by atoms with van der Waals surface area (Å²) in [6, 6.07) is 0. The Balaban J connectivity index is -0.000000378. The van der Waals surface area contributed by atoms with Gasteiger partial charge in [0.1, 0.15) is 5.78 Å². The van der Waals surface area contributed by atoms with Gasteiger partial charge in [-0.25, -0.2) is 0 Å². The molecule has 0 saturated heterocycles. The Hall–Kier alpha value is -0.850. The van der Waals surface area contributed by atoms with Crippen LogP contribution in [0.15, 0.2) is 24.3 Å². The highest BCUT2D eigenvalue weighted by Crippen LogP contribution is 2.37. The molecular weight excluding hydrogens is 641 g/mol. The van der Waals surface area contributed by atoms with Crippen LogP contribution in [0.3, 0.4) is 0 Å². The van der Waals surface area contributed by atoms with Crippen molar-refractivity contribution >= 4 is 5.78 Å². The van der Waals surface area contributed by atoms with E-state index in [1.165, 1.54) is 89.0 Å². The van der Waals surface area contributed by atoms with Gasteiger partial charge in [-0.3, -0.25) is 4.79 Å². The molecule has 0 amide bonds. The largest absolute Gasteiger partial charge is 0.299 e. The van der Waals surface area contributed by atoms with Crippen molar-refractivity contribution in [2.24, 2.45) is 53.3 Å². The predicted molar refractivity (Wildman–Crippen MR) is 252 cm³/mol. The highest BCUT2D eigenvalue weighted by molar-refractivity contribution is 5.80. The van der Waals surface area contributed by atoms with Gasteiger partial charge in [-0.1, -0.05) is 195 Å². The topological polar surface area (TPSA) is 17.1 Å². The molecule has 0 bridgehead atoms. The second-order valence-electron chi connectivity index (χ2n) is 16.0. The number of unbranched alkanes of at least 4 members (excludes halogenated alkanes) is 1. The Morgan fingerprint density at radius 1 is 0.660 bits per heavy atom. The minimum atomic E-state index is 0.206. The molecule has 53 heavy (non-hydrogen) atoms. The van der Waals surface area contributed by atoms with Crippen molar-refractivity contribution < 1.29 is 4.79 Å². The molecule has 1 aliphatic rings. The van der Waals surface area contributed by atoms with Crippen molar-refractivity contribution in [3.63, 3.8) is 0 Å². The number of allylic oxidation sites excluding steroid dienone is 3. The summed E-state index contributed by atoms with van der Waals surface area (Å²) in [7, 11) is 0. The minimum Gasteiger partial charge on any atom is -0.299 e. The van der Waals surface area contributed by atoms with Crippen molar-refractivity contribution in [2.75, 3.05) is 0 Å². The molecule has 0 spiro atoms. The van der Waals surface area contributed by atoms with Gasteiger partial charge in [0.2, 0.25) is 0 Å². The molecule has 0 heterocycles. The molecule has 1 rings (SSSR count). The van der Waals surface area contributed by atoms with Crippen LogP contribution in [0.4, 0.5) is 0 Å². The fourth-order valence-electron chi connectivity index (χ4n) is 7.72. The van der Waals surface area contributed by atoms with E-state index in [4.69, 9.17) is 0 Å². The average molecular weight is 751 g/mol. The Bertz CT molecular complexity index is 711. The lowest BCUT2D eigenvalue weighted by atomic mass is 9.74. The maximum Gasteiger partial charge on any atom is 0.135 e. The van der Waals surface area contributed by atoms with Crippen molar-refractivity contribution in [3.05, 3.63) is 24.3 Å². The van der Waals surface area contributed by atoms with E-state index in [9.17, 15) is 4.79 Å². The summed E-state index contributed by atoms with van der Waals surface area (Å²) in [5.41, 5.74) is 1.30. The summed E-state index contributed by atoms with van der Waals surface area (Å²) in [5.74, 6) is 6.95. The quantitative estimate of drug-likeness (QED) is 0.0795. The Kier molecular flexibility index (Phi) is 59.4. The van der Waals surface area contributed by atoms with Crippen LogP contribution >= 0.6 is 0 Å². The molecular formula is C52H110O. The van der Waals surface area contributed by atoms with Crippen molar-refractivity contribution in [1.82, 2.24) is 0 Å². The summed E-state index contributed by atoms with van der Waals surface area (Å²) in [5, 5.41) is 0. The molecule has 1 fully saturated rings. The van der Waals surface area contributed by atoms with Crippen molar-refractivity contribution in [3.8, 4) is 0 Å². The van der Waals surface area contributed by atoms with E-state index >= 15 is 0 Å². The van der Waals surface area contributed by atoms with Crippen LogP contribution < -0.4 is 0 Å². The molecule has 7 atom stereocenters. The van der Waals surface area contributed by atoms with Gasteiger partial charge in [-0.05, 0) is 118 Å². The monoisotopic (exact) mass is 751 g/mol. The number of hydrogen-bond donors (Lipinski definition) is 0. The van der Waals surface area contributed by atoms with E-state index in [0.29, 0.717) is 23.5 Å². The molecule has 0 N–H and O–H groups in total. The Labute approximate surface area is 341 Å². The van der Waals surface area contributed by atoms with E-state index in [-0.39, 0.29) is 5.92 Å². The number of Topliss-reactive ketones (excluding diaryl/α,β-unsaturated/α-hetero) is 1. The van der Waals surface area contributed by atoms with E-state index in [0.717, 1.165) is 55.3 Å². The van der Waals surface area contributed by atoms with Gasteiger partial charge in [-0.15, -0.1) is 6.58 Å². The molecule has 1 nitrogen and oxygen atoms in total. The third kappa shape index (κ3) is 43.7. The van der Waals surface area contributed by atoms with Gasteiger partial charge >= 0.3 is 0 Å². The molecule has 324 valence electrons. The number of carbonyl (C=O) groups is 1. The zero-order chi connectivity index (χ0) is 42.8. The molecule has 0 aromatic heterocycles. The van der Waals surface area contributed by atoms with E-state index < -0.39 is 0 Å². The average Bonchev–Trinajstić information content (AvgIpc) is 3.15. The molecule has 1 aliphatic carbocycles. The Morgan fingerprint density at radius 3 is 1.60 bits per heavy atom. The van der Waals surface area contributed by atoms with E-state index in [2.05, 4.69) is 94.9 Å². The first-order chi connectivity index (χ1) is 25.3. The third-order valence-electron chi connectivity index (χ3n) is 10.3. The number of carbonyl (C=O) groups excluding carboxylic acids is 1. The maximum atomic E-state index is 12.9. The smallest absolute Gasteiger partial charge is 0.135 e. The van der Waals surface area contributed by atoms with E-state index in [1.54, 1.807) is 0 Å². The first-order valence-corrected chi connectivity index (χ1v) is 24.2. The van der Waals surface area contributed by atoms with Crippen LogP contribution in [0.1, 0.15) is 255 Å². The SMILES string of the molecule is C=C(C)CC(C)CCC(C)C[C@@H](C)CC(C)C(=O)CCC(C)CC(C)/C=C\CCCC(CC)C1CCC(C)CC1.CC.CC.CC.CC.CC.CCC. The molecule has 0 radical (unpaired) electrons. The van der Waals surface area contributed by atoms with Crippen LogP contribution in [0, 0.1) is 53.3 Å². The minimum absolute atomic E-state index is 0.206. The molecule has 0 aromatic carbocycles. The predicted octanol–water partition coefficient (Wildman–Crippen LogP) is 19.2. The summed E-state index contributed by atoms with van der Waals surface area (Å²) < 4.78 is 0. The fraction of sp³-hybridized carbons (Fsp3) is 0.904. The standard InChI is InChI=1S/C39H72O.C3H8.5C2H6/c1-11-37(38-22-19-30(4)20-23-38)16-14-12-13-15-31(5)26-34(8)21-24-39(40)36(10)28-35(9)27-33(7)18-17-32(6)25-29(2)3;1-3-2;5*1-2/h13,15,30-38H,2,11-12,14,16-28H2,1,3-10H3;3H2,1-2H3;5*1-2H3/b15-13-;;;;;;/t30?,31?,32?,33?,34?,35-,36?,37?,38?;;;;;;/m1....../s1. The van der Waals surface area contributed by atoms with Crippen LogP contribution in [0.25, 0.3) is 0 Å². The summed E-state index contributed by atoms with van der Waals surface area (Å²) in [6.45, 7) is 49.3. The van der Waals surface area contributed by atoms with Gasteiger partial charge in [0.15, 0.2) is 0 Å². The summed E-state index contributed by atoms with van der Waals surface area (Å²) >= 11 is 0. The first-order valence-electron chi connectivity index (χ1n) is 24.2. The number of ketones is 1. The van der Waals surface area contributed by atoms with Gasteiger partial charge in [0.05, 0.1) is 0 Å². The number of rotatable bonds is 22. The third-order valence-corrected chi connectivity index (χ3v) is 10.3. The summed E-state index contributed by atoms with van der Waals surface area (Å²) in [4.78, 5) is 12.9. The Morgan fingerprint density at radius 2 is 1.13 bits per heavy atom. The lowest BCUT2D eigenvalue weighted by Crippen LogP contribution is -2.20. The van der Waals surface area contributed by atoms with Crippen LogP contribution in [0.5, 0.6) is 0 Å². The van der Waals surface area contributed by atoms with E-state index in [1.807, 2.05) is 69.2 Å². The van der Waals surface area contributed by atoms with Crippen LogP contribution in [-0.4, -0.2) is 5.78 Å². The maximum absolute atomic E-state index is 12.9. The second kappa shape index (κ2) is 49.2. The van der Waals surface area contributed by atoms with Gasteiger partial charge in [0, 0.05) is 12.3 Å². The van der Waals surface area contributed by atoms with Crippen molar-refractivity contribution in [2.45, 2.75) is 255 Å². The lowest BCUT2D eigenvalue weighted by Gasteiger charge is -2.32. The van der Waals surface area contributed by atoms with Gasteiger partial charge < -0.3 is 0 Å².